The first kappa shape index (κ1) is 20.9. The lowest BCUT2D eigenvalue weighted by atomic mass is 9.44. The molecule has 3 unspecified atom stereocenters. The van der Waals surface area contributed by atoms with Crippen LogP contribution in [-0.2, 0) is 19.1 Å². The Morgan fingerprint density at radius 2 is 2.00 bits per heavy atom. The number of allylic oxidation sites excluding steroid dienone is 4. The number of aliphatic carboxylic acids is 1. The minimum atomic E-state index is -0.998. The van der Waals surface area contributed by atoms with Crippen molar-refractivity contribution in [2.24, 2.45) is 46.3 Å². The molecule has 9 atom stereocenters. The quantitative estimate of drug-likeness (QED) is 0.667. The number of aliphatic hydroxyl groups is 1. The zero-order chi connectivity index (χ0) is 22.3. The highest BCUT2D eigenvalue weighted by molar-refractivity contribution is 6.01. The minimum absolute atomic E-state index is 0.0265. The van der Waals surface area contributed by atoms with Gasteiger partial charge < -0.3 is 14.9 Å². The first-order valence-corrected chi connectivity index (χ1v) is 11.5. The van der Waals surface area contributed by atoms with Crippen LogP contribution in [0.25, 0.3) is 0 Å². The van der Waals surface area contributed by atoms with Crippen LogP contribution in [0.3, 0.4) is 0 Å². The summed E-state index contributed by atoms with van der Waals surface area (Å²) in [5.74, 6) is -0.620. The third-order valence-corrected chi connectivity index (χ3v) is 9.99. The summed E-state index contributed by atoms with van der Waals surface area (Å²) >= 11 is 0. The summed E-state index contributed by atoms with van der Waals surface area (Å²) in [5, 5.41) is 21.1. The molecule has 0 aromatic rings. The van der Waals surface area contributed by atoms with Crippen molar-refractivity contribution in [1.29, 1.82) is 0 Å². The van der Waals surface area contributed by atoms with E-state index in [-0.39, 0.29) is 59.6 Å². The van der Waals surface area contributed by atoms with E-state index >= 15 is 0 Å². The predicted molar refractivity (Wildman–Crippen MR) is 112 cm³/mol. The normalized spacial score (nSPS) is 49.3. The van der Waals surface area contributed by atoms with Crippen LogP contribution in [0.4, 0.5) is 0 Å². The fourth-order valence-electron chi connectivity index (χ4n) is 8.48. The van der Waals surface area contributed by atoms with E-state index in [2.05, 4.69) is 13.8 Å². The summed E-state index contributed by atoms with van der Waals surface area (Å²) in [6, 6.07) is 0. The maximum absolute atomic E-state index is 13.0. The van der Waals surface area contributed by atoms with E-state index in [1.54, 1.807) is 12.2 Å². The number of rotatable bonds is 4. The van der Waals surface area contributed by atoms with Crippen LogP contribution >= 0.6 is 0 Å². The van der Waals surface area contributed by atoms with E-state index in [1.165, 1.54) is 7.11 Å². The molecule has 0 aliphatic heterocycles. The number of carboxylic acids is 1. The van der Waals surface area contributed by atoms with Crippen molar-refractivity contribution < 1.29 is 29.3 Å². The molecular formula is C25H32O6. The van der Waals surface area contributed by atoms with Gasteiger partial charge in [-0.1, -0.05) is 25.5 Å². The van der Waals surface area contributed by atoms with Crippen molar-refractivity contribution in [3.63, 3.8) is 0 Å². The number of ether oxygens (including phenoxy) is 1. The van der Waals surface area contributed by atoms with Crippen LogP contribution in [0.5, 0.6) is 0 Å². The lowest BCUT2D eigenvalue weighted by molar-refractivity contribution is -0.174. The number of carboxylic acid groups (broad SMARTS) is 1. The number of esters is 1. The van der Waals surface area contributed by atoms with Gasteiger partial charge in [0.05, 0.1) is 18.6 Å². The van der Waals surface area contributed by atoms with E-state index in [0.717, 1.165) is 24.8 Å². The Kier molecular flexibility index (Phi) is 4.41. The predicted octanol–water partition coefficient (Wildman–Crippen LogP) is 3.15. The highest BCUT2D eigenvalue weighted by Crippen LogP contribution is 2.77. The van der Waals surface area contributed by atoms with Gasteiger partial charge in [-0.2, -0.15) is 0 Å². The largest absolute Gasteiger partial charge is 0.481 e. The number of ketones is 1. The fraction of sp³-hybridized carbons (Fsp3) is 0.720. The molecule has 6 heteroatoms. The number of hydrogen-bond acceptors (Lipinski definition) is 5. The van der Waals surface area contributed by atoms with Gasteiger partial charge in [0.15, 0.2) is 5.78 Å². The second-order valence-corrected chi connectivity index (χ2v) is 11.0. The standard InChI is InChI=1S/C25H32O6/c1-23-7-4-14(26)10-13(23)11-16(22(29)31-3)20-17(23)5-8-24(2)21(20)15-12-18(15)25(24,30)9-6-19(27)28/h4,7,10,15-18,20-21,30H,5-6,8-9,11-12H2,1-3H3,(H,27,28)/t15-,16-,17?,18+,20?,21?,23+,24+,25+/m1/s1. The van der Waals surface area contributed by atoms with Crippen molar-refractivity contribution in [3.8, 4) is 0 Å². The molecule has 4 saturated carbocycles. The average molecular weight is 429 g/mol. The van der Waals surface area contributed by atoms with E-state index in [9.17, 15) is 24.6 Å². The van der Waals surface area contributed by atoms with Crippen LogP contribution in [-0.4, -0.2) is 40.6 Å². The van der Waals surface area contributed by atoms with Crippen molar-refractivity contribution >= 4 is 17.7 Å². The van der Waals surface area contributed by atoms with Crippen molar-refractivity contribution in [2.75, 3.05) is 7.11 Å². The lowest BCUT2D eigenvalue weighted by Gasteiger charge is -2.61. The lowest BCUT2D eigenvalue weighted by Crippen LogP contribution is -2.59. The topological polar surface area (TPSA) is 101 Å². The minimum Gasteiger partial charge on any atom is -0.481 e. The van der Waals surface area contributed by atoms with Gasteiger partial charge in [0, 0.05) is 17.3 Å². The molecule has 0 heterocycles. The van der Waals surface area contributed by atoms with E-state index < -0.39 is 17.0 Å². The third-order valence-electron chi connectivity index (χ3n) is 9.99. The van der Waals surface area contributed by atoms with Crippen molar-refractivity contribution in [2.45, 2.75) is 58.0 Å². The van der Waals surface area contributed by atoms with Gasteiger partial charge in [-0.25, -0.2) is 0 Å². The maximum Gasteiger partial charge on any atom is 0.309 e. The smallest absolute Gasteiger partial charge is 0.309 e. The third kappa shape index (κ3) is 2.63. The molecule has 0 radical (unpaired) electrons. The van der Waals surface area contributed by atoms with Gasteiger partial charge in [-0.15, -0.1) is 0 Å². The molecule has 0 spiro atoms. The summed E-state index contributed by atoms with van der Waals surface area (Å²) in [4.78, 5) is 36.4. The Labute approximate surface area is 182 Å². The number of carbonyl (C=O) groups is 3. The van der Waals surface area contributed by atoms with Crippen LogP contribution in [0.2, 0.25) is 0 Å². The van der Waals surface area contributed by atoms with E-state index in [4.69, 9.17) is 4.74 Å². The molecule has 31 heavy (non-hydrogen) atoms. The molecule has 5 aliphatic carbocycles. The molecule has 168 valence electrons. The monoisotopic (exact) mass is 428 g/mol. The van der Waals surface area contributed by atoms with Crippen LogP contribution in [0.15, 0.2) is 23.8 Å². The molecule has 0 saturated heterocycles. The molecule has 0 bridgehead atoms. The van der Waals surface area contributed by atoms with Gasteiger partial charge in [-0.3, -0.25) is 14.4 Å². The Morgan fingerprint density at radius 3 is 2.68 bits per heavy atom. The molecule has 0 aromatic heterocycles. The second-order valence-electron chi connectivity index (χ2n) is 11.0. The number of hydrogen-bond donors (Lipinski definition) is 2. The van der Waals surface area contributed by atoms with Gasteiger partial charge >= 0.3 is 11.9 Å². The average Bonchev–Trinajstić information content (AvgIpc) is 3.48. The van der Waals surface area contributed by atoms with Gasteiger partial charge in [-0.05, 0) is 73.8 Å². The summed E-state index contributed by atoms with van der Waals surface area (Å²) < 4.78 is 5.23. The highest BCUT2D eigenvalue weighted by atomic mass is 16.5. The Hall–Kier alpha value is -1.95. The van der Waals surface area contributed by atoms with E-state index in [0.29, 0.717) is 12.3 Å². The first-order chi connectivity index (χ1) is 14.6. The van der Waals surface area contributed by atoms with Crippen molar-refractivity contribution in [3.05, 3.63) is 23.8 Å². The summed E-state index contributed by atoms with van der Waals surface area (Å²) in [7, 11) is 1.42. The van der Waals surface area contributed by atoms with E-state index in [1.807, 2.05) is 6.08 Å². The van der Waals surface area contributed by atoms with Gasteiger partial charge in [0.1, 0.15) is 0 Å². The maximum atomic E-state index is 13.0. The molecule has 2 N–H and O–H groups in total. The molecular weight excluding hydrogens is 396 g/mol. The van der Waals surface area contributed by atoms with Crippen LogP contribution < -0.4 is 0 Å². The Bertz CT molecular complexity index is 919. The number of fused-ring (bicyclic) bond motifs is 7. The van der Waals surface area contributed by atoms with Gasteiger partial charge in [0.2, 0.25) is 0 Å². The Morgan fingerprint density at radius 1 is 1.26 bits per heavy atom. The number of methoxy groups -OCH3 is 1. The second kappa shape index (κ2) is 6.53. The Balaban J connectivity index is 1.58. The van der Waals surface area contributed by atoms with Gasteiger partial charge in [0.25, 0.3) is 0 Å². The van der Waals surface area contributed by atoms with Crippen LogP contribution in [0, 0.1) is 46.3 Å². The van der Waals surface area contributed by atoms with Crippen molar-refractivity contribution in [1.82, 2.24) is 0 Å². The summed E-state index contributed by atoms with van der Waals surface area (Å²) in [6.45, 7) is 4.32. The first-order valence-electron chi connectivity index (χ1n) is 11.5. The zero-order valence-electron chi connectivity index (χ0n) is 18.5. The molecule has 0 amide bonds. The molecule has 5 aliphatic rings. The summed E-state index contributed by atoms with van der Waals surface area (Å²) in [6.07, 6.45) is 8.70. The SMILES string of the molecule is COC(=O)[C@@H]1CC2=CC(=O)C=C[C@]2(C)C2CC[C@@]3(C)C(C21)[C@@H]1C[C@@H]1[C@@]3(O)CCC(=O)O. The molecule has 0 aromatic carbocycles. The zero-order valence-corrected chi connectivity index (χ0v) is 18.5. The summed E-state index contributed by atoms with van der Waals surface area (Å²) in [5.41, 5.74) is -0.653. The fourth-order valence-corrected chi connectivity index (χ4v) is 8.48. The van der Waals surface area contributed by atoms with Crippen LogP contribution in [0.1, 0.15) is 52.4 Å². The molecule has 6 nitrogen and oxygen atoms in total. The highest BCUT2D eigenvalue weighted by Gasteiger charge is 2.77. The molecule has 5 rings (SSSR count). The molecule has 4 fully saturated rings. The number of carbonyl (C=O) groups excluding carboxylic acids is 2.